The standard InChI is InChI=1S/C15H16.2C9H12.C8H18/c1-12-3-7-14(8-4-12)11-15-9-5-13(2)6-10-15;1-7-4-5-8(2)9(3)6-7;1-7-5-4-6-8(2)9(7)3;1-3-5-7-8-6-4-2/h3-10H,11H2,1-2H3;2*4-6H,1-3H3;3-8H2,1-2H3. The Morgan fingerprint density at radius 1 is 0.390 bits per heavy atom. The molecule has 4 aromatic carbocycles. The molecule has 0 aliphatic rings. The summed E-state index contributed by atoms with van der Waals surface area (Å²) in [5.41, 5.74) is 13.7. The fourth-order valence-corrected chi connectivity index (χ4v) is 4.29. The molecule has 0 spiro atoms. The number of benzene rings is 4. The van der Waals surface area contributed by atoms with E-state index in [0.29, 0.717) is 0 Å². The van der Waals surface area contributed by atoms with Crippen molar-refractivity contribution in [3.05, 3.63) is 141 Å². The van der Waals surface area contributed by atoms with Crippen LogP contribution < -0.4 is 0 Å². The lowest BCUT2D eigenvalue weighted by molar-refractivity contribution is 0.624. The van der Waals surface area contributed by atoms with E-state index in [0.717, 1.165) is 6.42 Å². The summed E-state index contributed by atoms with van der Waals surface area (Å²) in [4.78, 5) is 0. The van der Waals surface area contributed by atoms with Crippen molar-refractivity contribution in [2.24, 2.45) is 0 Å². The molecule has 0 atom stereocenters. The van der Waals surface area contributed by atoms with Gasteiger partial charge in [-0.1, -0.05) is 154 Å². The molecule has 0 unspecified atom stereocenters. The molecule has 0 heteroatoms. The molecule has 0 N–H and O–H groups in total. The van der Waals surface area contributed by atoms with Crippen molar-refractivity contribution in [1.82, 2.24) is 0 Å². The molecule has 0 bridgehead atoms. The van der Waals surface area contributed by atoms with E-state index in [2.05, 4.69) is 154 Å². The first-order chi connectivity index (χ1) is 19.6. The second-order valence-corrected chi connectivity index (χ2v) is 11.7. The van der Waals surface area contributed by atoms with Crippen LogP contribution in [-0.2, 0) is 6.42 Å². The average Bonchev–Trinajstić information content (AvgIpc) is 2.95. The van der Waals surface area contributed by atoms with Crippen molar-refractivity contribution in [2.45, 2.75) is 114 Å². The lowest BCUT2D eigenvalue weighted by Gasteiger charge is -2.03. The van der Waals surface area contributed by atoms with Crippen molar-refractivity contribution in [2.75, 3.05) is 0 Å². The summed E-state index contributed by atoms with van der Waals surface area (Å²) in [7, 11) is 0. The zero-order chi connectivity index (χ0) is 30.6. The maximum Gasteiger partial charge on any atom is -0.00258 e. The van der Waals surface area contributed by atoms with Gasteiger partial charge >= 0.3 is 0 Å². The normalized spacial score (nSPS) is 9.90. The lowest BCUT2D eigenvalue weighted by Crippen LogP contribution is -1.88. The van der Waals surface area contributed by atoms with Crippen LogP contribution in [-0.4, -0.2) is 0 Å². The Balaban J connectivity index is 0.000000285. The smallest absolute Gasteiger partial charge is 0.00258 e. The first-order valence-corrected chi connectivity index (χ1v) is 15.7. The topological polar surface area (TPSA) is 0 Å². The van der Waals surface area contributed by atoms with Gasteiger partial charge in [0.2, 0.25) is 0 Å². The predicted molar refractivity (Wildman–Crippen MR) is 186 cm³/mol. The molecule has 0 saturated heterocycles. The number of hydrogen-bond donors (Lipinski definition) is 0. The highest BCUT2D eigenvalue weighted by Gasteiger charge is 1.96. The van der Waals surface area contributed by atoms with Crippen LogP contribution in [0.5, 0.6) is 0 Å². The van der Waals surface area contributed by atoms with E-state index in [-0.39, 0.29) is 0 Å². The molecule has 0 heterocycles. The molecule has 0 radical (unpaired) electrons. The molecule has 41 heavy (non-hydrogen) atoms. The van der Waals surface area contributed by atoms with Crippen LogP contribution in [0.4, 0.5) is 0 Å². The van der Waals surface area contributed by atoms with Gasteiger partial charge in [-0.25, -0.2) is 0 Å². The van der Waals surface area contributed by atoms with Crippen LogP contribution in [0.15, 0.2) is 84.9 Å². The summed E-state index contributed by atoms with van der Waals surface area (Å²) < 4.78 is 0. The molecule has 0 amide bonds. The molecule has 222 valence electrons. The third kappa shape index (κ3) is 16.0. The summed E-state index contributed by atoms with van der Waals surface area (Å²) in [5, 5.41) is 0. The summed E-state index contributed by atoms with van der Waals surface area (Å²) in [5.74, 6) is 0. The van der Waals surface area contributed by atoms with Gasteiger partial charge in [0.1, 0.15) is 0 Å². The molecule has 0 aliphatic carbocycles. The molecule has 0 fully saturated rings. The summed E-state index contributed by atoms with van der Waals surface area (Å²) in [6.07, 6.45) is 9.52. The third-order valence-corrected chi connectivity index (χ3v) is 7.64. The van der Waals surface area contributed by atoms with Gasteiger partial charge in [0.25, 0.3) is 0 Å². The Bertz CT molecular complexity index is 1160. The molecule has 0 nitrogen and oxygen atoms in total. The van der Waals surface area contributed by atoms with E-state index in [9.17, 15) is 0 Å². The molecule has 4 rings (SSSR count). The minimum atomic E-state index is 1.03. The van der Waals surface area contributed by atoms with Gasteiger partial charge in [-0.15, -0.1) is 0 Å². The second kappa shape index (κ2) is 20.7. The molecule has 0 aromatic heterocycles. The van der Waals surface area contributed by atoms with E-state index < -0.39 is 0 Å². The van der Waals surface area contributed by atoms with Crippen molar-refractivity contribution in [3.63, 3.8) is 0 Å². The fourth-order valence-electron chi connectivity index (χ4n) is 4.29. The SMILES string of the molecule is CCCCCCCC.Cc1ccc(C)c(C)c1.Cc1ccc(Cc2ccc(C)cc2)cc1.Cc1cccc(C)c1C. The number of rotatable bonds is 7. The Kier molecular flexibility index (Phi) is 18.1. The highest BCUT2D eigenvalue weighted by molar-refractivity contribution is 5.32. The number of aryl methyl sites for hydroxylation is 7. The van der Waals surface area contributed by atoms with Gasteiger partial charge in [0, 0.05) is 0 Å². The monoisotopic (exact) mass is 550 g/mol. The lowest BCUT2D eigenvalue weighted by atomic mass is 10.0. The molecular formula is C41H58. The van der Waals surface area contributed by atoms with Crippen LogP contribution in [0.25, 0.3) is 0 Å². The Morgan fingerprint density at radius 2 is 0.805 bits per heavy atom. The molecule has 0 aliphatic heterocycles. The van der Waals surface area contributed by atoms with Crippen LogP contribution in [0.2, 0.25) is 0 Å². The van der Waals surface area contributed by atoms with E-state index in [1.165, 1.54) is 94.2 Å². The Labute approximate surface area is 254 Å². The first kappa shape index (κ1) is 35.9. The highest BCUT2D eigenvalue weighted by atomic mass is 14.0. The van der Waals surface area contributed by atoms with Crippen LogP contribution >= 0.6 is 0 Å². The van der Waals surface area contributed by atoms with Gasteiger partial charge in [-0.05, 0) is 101 Å². The summed E-state index contributed by atoms with van der Waals surface area (Å²) in [6, 6.07) is 30.4. The van der Waals surface area contributed by atoms with Crippen LogP contribution in [0, 0.1) is 55.4 Å². The van der Waals surface area contributed by atoms with Crippen LogP contribution in [0.3, 0.4) is 0 Å². The van der Waals surface area contributed by atoms with Crippen molar-refractivity contribution in [1.29, 1.82) is 0 Å². The van der Waals surface area contributed by atoms with Gasteiger partial charge in [0.15, 0.2) is 0 Å². The zero-order valence-electron chi connectivity index (χ0n) is 28.0. The van der Waals surface area contributed by atoms with Crippen molar-refractivity contribution in [3.8, 4) is 0 Å². The second-order valence-electron chi connectivity index (χ2n) is 11.7. The zero-order valence-corrected chi connectivity index (χ0v) is 28.0. The molecule has 4 aromatic rings. The van der Waals surface area contributed by atoms with Gasteiger partial charge < -0.3 is 0 Å². The van der Waals surface area contributed by atoms with E-state index in [1.54, 1.807) is 0 Å². The number of unbranched alkanes of at least 4 members (excludes halogenated alkanes) is 5. The van der Waals surface area contributed by atoms with Gasteiger partial charge in [0.05, 0.1) is 0 Å². The van der Waals surface area contributed by atoms with E-state index in [4.69, 9.17) is 0 Å². The third-order valence-electron chi connectivity index (χ3n) is 7.64. The Hall–Kier alpha value is -3.12. The van der Waals surface area contributed by atoms with Gasteiger partial charge in [-0.3, -0.25) is 0 Å². The Morgan fingerprint density at radius 3 is 1.15 bits per heavy atom. The maximum absolute atomic E-state index is 2.26. The van der Waals surface area contributed by atoms with Gasteiger partial charge in [-0.2, -0.15) is 0 Å². The number of hydrogen-bond acceptors (Lipinski definition) is 0. The average molecular weight is 551 g/mol. The van der Waals surface area contributed by atoms with E-state index >= 15 is 0 Å². The molecular weight excluding hydrogens is 492 g/mol. The largest absolute Gasteiger partial charge is 0.0654 e. The summed E-state index contributed by atoms with van der Waals surface area (Å²) in [6.45, 7) is 21.6. The fraction of sp³-hybridized carbons (Fsp3) is 0.415. The maximum atomic E-state index is 2.26. The predicted octanol–water partition coefficient (Wildman–Crippen LogP) is 12.5. The molecule has 0 saturated carbocycles. The highest BCUT2D eigenvalue weighted by Crippen LogP contribution is 2.12. The van der Waals surface area contributed by atoms with Crippen molar-refractivity contribution >= 4 is 0 Å². The van der Waals surface area contributed by atoms with Crippen LogP contribution in [0.1, 0.15) is 108 Å². The minimum Gasteiger partial charge on any atom is -0.0654 e. The minimum absolute atomic E-state index is 1.03. The first-order valence-electron chi connectivity index (χ1n) is 15.7. The quantitative estimate of drug-likeness (QED) is 0.201. The van der Waals surface area contributed by atoms with E-state index in [1.807, 2.05) is 0 Å². The van der Waals surface area contributed by atoms with Crippen molar-refractivity contribution < 1.29 is 0 Å². The summed E-state index contributed by atoms with van der Waals surface area (Å²) >= 11 is 0.